The molecule has 41 heavy (non-hydrogen) atoms. The van der Waals surface area contributed by atoms with Crippen molar-refractivity contribution in [2.45, 2.75) is 99.5 Å². The third-order valence-electron chi connectivity index (χ3n) is 12.9. The van der Waals surface area contributed by atoms with E-state index in [1.807, 2.05) is 26.0 Å². The second kappa shape index (κ2) is 9.02. The predicted molar refractivity (Wildman–Crippen MR) is 156 cm³/mol. The van der Waals surface area contributed by atoms with Crippen molar-refractivity contribution >= 4 is 21.9 Å². The van der Waals surface area contributed by atoms with Gasteiger partial charge in [-0.3, -0.25) is 13.8 Å². The van der Waals surface area contributed by atoms with Crippen LogP contribution in [0.3, 0.4) is 0 Å². The van der Waals surface area contributed by atoms with E-state index in [0.717, 1.165) is 50.4 Å². The highest BCUT2D eigenvalue weighted by atomic mass is 32.2. The summed E-state index contributed by atoms with van der Waals surface area (Å²) in [6, 6.07) is 2.25. The van der Waals surface area contributed by atoms with Gasteiger partial charge in [0.25, 0.3) is 10.1 Å². The van der Waals surface area contributed by atoms with Gasteiger partial charge in [0.2, 0.25) is 0 Å². The van der Waals surface area contributed by atoms with Crippen molar-refractivity contribution in [2.24, 2.45) is 50.2 Å². The lowest BCUT2D eigenvalue weighted by atomic mass is 9.34. The Kier molecular flexibility index (Phi) is 6.70. The number of hydrogen-bond acceptors (Lipinski definition) is 7. The number of nitrogens with zero attached hydrogens (tertiary/aromatic N) is 1. The van der Waals surface area contributed by atoms with Crippen LogP contribution in [-0.2, 0) is 28.6 Å². The average molecular weight is 586 g/mol. The molecule has 0 saturated heterocycles. The minimum absolute atomic E-state index is 0.0295. The van der Waals surface area contributed by atoms with Crippen molar-refractivity contribution in [1.29, 1.82) is 5.26 Å². The number of ketones is 1. The molecule has 0 aromatic heterocycles. The molecule has 0 bridgehead atoms. The molecule has 5 aliphatic rings. The molecule has 8 atom stereocenters. The molecule has 226 valence electrons. The maximum Gasteiger partial charge on any atom is 0.312 e. The maximum atomic E-state index is 14.5. The summed E-state index contributed by atoms with van der Waals surface area (Å²) < 4.78 is 35.4. The minimum Gasteiger partial charge on any atom is -0.469 e. The SMILES string of the molecule is COC(=O)[C@]12CCC(C)(C)C[C@H]1[C@H]1C(=O)C=C3[C@@]4(C)C=C(C#N)[C@H](OS(C)(=O)=O)C(C)(C)[C@@H]4CC[C@@]3(C)[C@]1(C)CC2. The summed E-state index contributed by atoms with van der Waals surface area (Å²) >= 11 is 0. The molecule has 0 amide bonds. The number of nitriles is 1. The topological polar surface area (TPSA) is 111 Å². The summed E-state index contributed by atoms with van der Waals surface area (Å²) in [5.74, 6) is -0.503. The molecule has 0 spiro atoms. The van der Waals surface area contributed by atoms with E-state index in [0.29, 0.717) is 12.0 Å². The summed E-state index contributed by atoms with van der Waals surface area (Å²) in [7, 11) is -2.33. The first-order valence-corrected chi connectivity index (χ1v) is 16.9. The quantitative estimate of drug-likeness (QED) is 0.288. The number of methoxy groups -OCH3 is 1. The lowest BCUT2D eigenvalue weighted by Crippen LogP contribution is -2.66. The molecule has 0 N–H and O–H groups in total. The van der Waals surface area contributed by atoms with Gasteiger partial charge < -0.3 is 4.74 Å². The van der Waals surface area contributed by atoms with Crippen molar-refractivity contribution in [3.63, 3.8) is 0 Å². The Morgan fingerprint density at radius 3 is 2.24 bits per heavy atom. The van der Waals surface area contributed by atoms with Gasteiger partial charge in [-0.05, 0) is 79.1 Å². The highest BCUT2D eigenvalue weighted by Crippen LogP contribution is 2.75. The van der Waals surface area contributed by atoms with Gasteiger partial charge in [0.15, 0.2) is 5.78 Å². The van der Waals surface area contributed by atoms with Crippen molar-refractivity contribution in [2.75, 3.05) is 13.4 Å². The van der Waals surface area contributed by atoms with Crippen LogP contribution >= 0.6 is 0 Å². The van der Waals surface area contributed by atoms with Crippen LogP contribution in [-0.4, -0.2) is 39.6 Å². The van der Waals surface area contributed by atoms with Crippen molar-refractivity contribution in [1.82, 2.24) is 0 Å². The van der Waals surface area contributed by atoms with Gasteiger partial charge >= 0.3 is 5.97 Å². The summed E-state index contributed by atoms with van der Waals surface area (Å²) in [6.45, 7) is 15.2. The molecule has 8 heteroatoms. The fraction of sp³-hybridized carbons (Fsp3) is 0.788. The fourth-order valence-electron chi connectivity index (χ4n) is 10.7. The highest BCUT2D eigenvalue weighted by molar-refractivity contribution is 7.86. The minimum atomic E-state index is -3.80. The van der Waals surface area contributed by atoms with Crippen LogP contribution in [0.15, 0.2) is 23.3 Å². The van der Waals surface area contributed by atoms with Crippen LogP contribution in [0.2, 0.25) is 0 Å². The number of ether oxygens (including phenoxy) is 1. The lowest BCUT2D eigenvalue weighted by molar-refractivity contribution is -0.191. The molecular weight excluding hydrogens is 538 g/mol. The Morgan fingerprint density at radius 2 is 1.66 bits per heavy atom. The van der Waals surface area contributed by atoms with Crippen molar-refractivity contribution in [3.8, 4) is 6.07 Å². The van der Waals surface area contributed by atoms with Gasteiger partial charge in [-0.25, -0.2) is 0 Å². The zero-order valence-corrected chi connectivity index (χ0v) is 27.0. The molecule has 7 nitrogen and oxygen atoms in total. The van der Waals surface area contributed by atoms with E-state index in [1.165, 1.54) is 7.11 Å². The number of rotatable bonds is 3. The van der Waals surface area contributed by atoms with Gasteiger partial charge in [0, 0.05) is 16.7 Å². The number of carbonyl (C=O) groups excluding carboxylic acids is 2. The van der Waals surface area contributed by atoms with E-state index in [9.17, 15) is 23.3 Å². The smallest absolute Gasteiger partial charge is 0.312 e. The maximum absolute atomic E-state index is 14.5. The van der Waals surface area contributed by atoms with Crippen molar-refractivity contribution in [3.05, 3.63) is 23.3 Å². The number of hydrogen-bond donors (Lipinski definition) is 0. The van der Waals surface area contributed by atoms with Crippen molar-refractivity contribution < 1.29 is 26.9 Å². The second-order valence-corrected chi connectivity index (χ2v) is 17.5. The Morgan fingerprint density at radius 1 is 1.02 bits per heavy atom. The Labute approximate surface area is 246 Å². The molecule has 5 rings (SSSR count). The zero-order chi connectivity index (χ0) is 30.6. The van der Waals surface area contributed by atoms with Gasteiger partial charge in [0.05, 0.1) is 30.4 Å². The van der Waals surface area contributed by atoms with E-state index in [4.69, 9.17) is 8.92 Å². The van der Waals surface area contributed by atoms with Gasteiger partial charge in [0.1, 0.15) is 6.10 Å². The fourth-order valence-corrected chi connectivity index (χ4v) is 11.4. The Balaban J connectivity index is 1.68. The van der Waals surface area contributed by atoms with Gasteiger partial charge in [-0.2, -0.15) is 13.7 Å². The van der Waals surface area contributed by atoms with Crippen LogP contribution in [0.1, 0.15) is 93.4 Å². The molecule has 0 aliphatic heterocycles. The van der Waals surface area contributed by atoms with Crippen LogP contribution in [0.4, 0.5) is 0 Å². The lowest BCUT2D eigenvalue weighted by Gasteiger charge is -2.69. The zero-order valence-electron chi connectivity index (χ0n) is 26.2. The third-order valence-corrected chi connectivity index (χ3v) is 13.4. The molecule has 3 saturated carbocycles. The molecule has 0 heterocycles. The summed E-state index contributed by atoms with van der Waals surface area (Å²) in [5, 5.41) is 10.2. The second-order valence-electron chi connectivity index (χ2n) is 15.9. The number of fused-ring (bicyclic) bond motifs is 7. The van der Waals surface area contributed by atoms with Gasteiger partial charge in [-0.15, -0.1) is 0 Å². The first kappa shape index (κ1) is 30.5. The van der Waals surface area contributed by atoms with E-state index >= 15 is 0 Å². The predicted octanol–water partition coefficient (Wildman–Crippen LogP) is 6.15. The van der Waals surface area contributed by atoms with Crippen LogP contribution < -0.4 is 0 Å². The van der Waals surface area contributed by atoms with Crippen LogP contribution in [0.5, 0.6) is 0 Å². The molecule has 0 aromatic rings. The van der Waals surface area contributed by atoms with Crippen LogP contribution in [0, 0.1) is 61.6 Å². The first-order chi connectivity index (χ1) is 18.7. The summed E-state index contributed by atoms with van der Waals surface area (Å²) in [4.78, 5) is 28.0. The molecular formula is C33H47NO6S. The molecule has 0 unspecified atom stereocenters. The van der Waals surface area contributed by atoms with E-state index in [-0.39, 0.29) is 45.8 Å². The third kappa shape index (κ3) is 4.08. The Bertz CT molecular complexity index is 1400. The summed E-state index contributed by atoms with van der Waals surface area (Å²) in [5.41, 5.74) is -1.26. The average Bonchev–Trinajstić information content (AvgIpc) is 2.85. The largest absolute Gasteiger partial charge is 0.469 e. The number of esters is 1. The standard InChI is InChI=1S/C33H47NO6S/c1-28(2)12-14-33(27(36)39-8)15-13-32(7)25(21(33)18-28)22(35)16-24-30(5)17-20(19-34)26(40-41(9,37)38)29(3,4)23(30)10-11-31(24,32)6/h16-17,21,23,25-26H,10-15,18H2,1-9H3/t21-,23-,25-,26-,30-,31+,32+,33-/m0/s1. The molecule has 3 fully saturated rings. The molecule has 5 aliphatic carbocycles. The molecule has 0 radical (unpaired) electrons. The van der Waals surface area contributed by atoms with E-state index < -0.39 is 32.5 Å². The summed E-state index contributed by atoms with van der Waals surface area (Å²) in [6.07, 6.45) is 9.51. The normalized spacial score (nSPS) is 44.5. The van der Waals surface area contributed by atoms with E-state index in [2.05, 4.69) is 40.7 Å². The van der Waals surface area contributed by atoms with Crippen LogP contribution in [0.25, 0.3) is 0 Å². The Hall–Kier alpha value is -1.98. The monoisotopic (exact) mass is 585 g/mol. The van der Waals surface area contributed by atoms with Gasteiger partial charge in [-0.1, -0.05) is 60.1 Å². The first-order valence-electron chi connectivity index (χ1n) is 15.1. The molecule has 0 aromatic carbocycles. The van der Waals surface area contributed by atoms with E-state index in [1.54, 1.807) is 0 Å². The highest BCUT2D eigenvalue weighted by Gasteiger charge is 2.71. The number of allylic oxidation sites excluding steroid dienone is 3. The number of carbonyl (C=O) groups is 2.